The summed E-state index contributed by atoms with van der Waals surface area (Å²) in [5, 5.41) is 0. The van der Waals surface area contributed by atoms with E-state index < -0.39 is 0 Å². The Morgan fingerprint density at radius 3 is 2.32 bits per heavy atom. The lowest BCUT2D eigenvalue weighted by molar-refractivity contribution is -0.135. The maximum absolute atomic E-state index is 12.3. The second kappa shape index (κ2) is 4.57. The summed E-state index contributed by atoms with van der Waals surface area (Å²) in [4.78, 5) is 26.2. The standard InChI is InChI=1S/C14H17N3O2/c1-2-16-11-6-3-4-7-12(11)17(14(16)19)10-13(18)15-8-5-9-15/h3-4,6-7H,2,5,8-10H2,1H3. The van der Waals surface area contributed by atoms with Crippen molar-refractivity contribution in [2.75, 3.05) is 13.1 Å². The molecule has 0 unspecified atom stereocenters. The number of rotatable bonds is 3. The van der Waals surface area contributed by atoms with E-state index in [1.54, 1.807) is 14.0 Å². The van der Waals surface area contributed by atoms with E-state index in [1.165, 1.54) is 0 Å². The summed E-state index contributed by atoms with van der Waals surface area (Å²) in [6, 6.07) is 7.62. The highest BCUT2D eigenvalue weighted by Crippen LogP contribution is 2.14. The van der Waals surface area contributed by atoms with Crippen LogP contribution in [0.1, 0.15) is 13.3 Å². The van der Waals surface area contributed by atoms with E-state index in [-0.39, 0.29) is 18.1 Å². The van der Waals surface area contributed by atoms with Crippen molar-refractivity contribution in [1.82, 2.24) is 14.0 Å². The first-order valence-corrected chi connectivity index (χ1v) is 6.68. The molecule has 0 radical (unpaired) electrons. The van der Waals surface area contributed by atoms with Gasteiger partial charge in [-0.3, -0.25) is 13.9 Å². The molecule has 5 nitrogen and oxygen atoms in total. The van der Waals surface area contributed by atoms with Gasteiger partial charge in [0, 0.05) is 19.6 Å². The summed E-state index contributed by atoms with van der Waals surface area (Å²) in [6.07, 6.45) is 1.07. The van der Waals surface area contributed by atoms with Crippen LogP contribution in [0.2, 0.25) is 0 Å². The van der Waals surface area contributed by atoms with E-state index >= 15 is 0 Å². The van der Waals surface area contributed by atoms with Crippen molar-refractivity contribution in [2.24, 2.45) is 0 Å². The minimum Gasteiger partial charge on any atom is -0.341 e. The number of carbonyl (C=O) groups excluding carboxylic acids is 1. The average molecular weight is 259 g/mol. The largest absolute Gasteiger partial charge is 0.341 e. The van der Waals surface area contributed by atoms with E-state index in [0.29, 0.717) is 6.54 Å². The van der Waals surface area contributed by atoms with Gasteiger partial charge in [0.25, 0.3) is 0 Å². The predicted molar refractivity (Wildman–Crippen MR) is 73.1 cm³/mol. The SMILES string of the molecule is CCn1c(=O)n(CC(=O)N2CCC2)c2ccccc21. The van der Waals surface area contributed by atoms with Crippen molar-refractivity contribution >= 4 is 16.9 Å². The number of nitrogens with zero attached hydrogens (tertiary/aromatic N) is 3. The van der Waals surface area contributed by atoms with Crippen LogP contribution in [0.15, 0.2) is 29.1 Å². The Morgan fingerprint density at radius 2 is 1.79 bits per heavy atom. The average Bonchev–Trinajstić information content (AvgIpc) is 2.60. The number of fused-ring (bicyclic) bond motifs is 1. The molecule has 1 fully saturated rings. The summed E-state index contributed by atoms with van der Waals surface area (Å²) in [6.45, 7) is 4.34. The van der Waals surface area contributed by atoms with Gasteiger partial charge < -0.3 is 4.90 Å². The van der Waals surface area contributed by atoms with Crippen LogP contribution in [-0.2, 0) is 17.9 Å². The Labute approximate surface area is 111 Å². The maximum atomic E-state index is 12.3. The molecule has 0 N–H and O–H groups in total. The lowest BCUT2D eigenvalue weighted by Gasteiger charge is -2.30. The number of carbonyl (C=O) groups is 1. The fourth-order valence-electron chi connectivity index (χ4n) is 2.53. The van der Waals surface area contributed by atoms with Gasteiger partial charge in [-0.15, -0.1) is 0 Å². The summed E-state index contributed by atoms with van der Waals surface area (Å²) in [7, 11) is 0. The highest BCUT2D eigenvalue weighted by Gasteiger charge is 2.22. The molecule has 0 atom stereocenters. The summed E-state index contributed by atoms with van der Waals surface area (Å²) >= 11 is 0. The van der Waals surface area contributed by atoms with Crippen molar-refractivity contribution in [1.29, 1.82) is 0 Å². The van der Waals surface area contributed by atoms with Gasteiger partial charge in [-0.25, -0.2) is 4.79 Å². The minimum absolute atomic E-state index is 0.0346. The smallest absolute Gasteiger partial charge is 0.329 e. The fourth-order valence-corrected chi connectivity index (χ4v) is 2.53. The molecule has 0 spiro atoms. The van der Waals surface area contributed by atoms with Crippen molar-refractivity contribution < 1.29 is 4.79 Å². The van der Waals surface area contributed by atoms with Gasteiger partial charge in [-0.05, 0) is 25.5 Å². The molecule has 19 heavy (non-hydrogen) atoms. The monoisotopic (exact) mass is 259 g/mol. The van der Waals surface area contributed by atoms with Gasteiger partial charge in [0.2, 0.25) is 5.91 Å². The first-order chi connectivity index (χ1) is 9.22. The van der Waals surface area contributed by atoms with Crippen molar-refractivity contribution in [3.63, 3.8) is 0 Å². The molecule has 1 saturated heterocycles. The lowest BCUT2D eigenvalue weighted by atomic mass is 10.2. The molecule has 0 bridgehead atoms. The predicted octanol–water partition coefficient (Wildman–Crippen LogP) is 1.06. The third kappa shape index (κ3) is 1.85. The molecule has 100 valence electrons. The van der Waals surface area contributed by atoms with Gasteiger partial charge in [0.15, 0.2) is 0 Å². The van der Waals surface area contributed by atoms with Gasteiger partial charge >= 0.3 is 5.69 Å². The van der Waals surface area contributed by atoms with Crippen LogP contribution in [-0.4, -0.2) is 33.0 Å². The Kier molecular flexibility index (Phi) is 2.89. The third-order valence-corrected chi connectivity index (χ3v) is 3.74. The van der Waals surface area contributed by atoms with Crippen molar-refractivity contribution in [2.45, 2.75) is 26.4 Å². The van der Waals surface area contributed by atoms with Crippen molar-refractivity contribution in [3.05, 3.63) is 34.7 Å². The first kappa shape index (κ1) is 12.0. The molecule has 0 aliphatic carbocycles. The number of benzene rings is 1. The molecule has 1 amide bonds. The third-order valence-electron chi connectivity index (χ3n) is 3.74. The number of amides is 1. The molecule has 2 aromatic rings. The highest BCUT2D eigenvalue weighted by molar-refractivity contribution is 5.81. The number of likely N-dealkylation sites (tertiary alicyclic amines) is 1. The number of imidazole rings is 1. The summed E-state index contributed by atoms with van der Waals surface area (Å²) in [5.41, 5.74) is 1.63. The van der Waals surface area contributed by atoms with Crippen LogP contribution in [0.5, 0.6) is 0 Å². The minimum atomic E-state index is -0.0995. The Bertz CT molecular complexity index is 680. The van der Waals surface area contributed by atoms with Crippen LogP contribution in [0.4, 0.5) is 0 Å². The zero-order chi connectivity index (χ0) is 13.4. The molecule has 5 heteroatoms. The van der Waals surface area contributed by atoms with Crippen LogP contribution in [0, 0.1) is 0 Å². The van der Waals surface area contributed by atoms with E-state index in [9.17, 15) is 9.59 Å². The number of aryl methyl sites for hydroxylation is 1. The highest BCUT2D eigenvalue weighted by atomic mass is 16.2. The van der Waals surface area contributed by atoms with Gasteiger partial charge in [-0.2, -0.15) is 0 Å². The number of aromatic nitrogens is 2. The quantitative estimate of drug-likeness (QED) is 0.827. The molecule has 3 rings (SSSR count). The Morgan fingerprint density at radius 1 is 1.16 bits per heavy atom. The summed E-state index contributed by atoms with van der Waals surface area (Å²) in [5.74, 6) is 0.0346. The van der Waals surface area contributed by atoms with Crippen LogP contribution >= 0.6 is 0 Å². The molecule has 1 aromatic heterocycles. The maximum Gasteiger partial charge on any atom is 0.329 e. The van der Waals surface area contributed by atoms with Crippen LogP contribution in [0.3, 0.4) is 0 Å². The topological polar surface area (TPSA) is 47.2 Å². The number of hydrogen-bond donors (Lipinski definition) is 0. The van der Waals surface area contributed by atoms with Crippen molar-refractivity contribution in [3.8, 4) is 0 Å². The van der Waals surface area contributed by atoms with Gasteiger partial charge in [0.1, 0.15) is 6.54 Å². The van der Waals surface area contributed by atoms with Gasteiger partial charge in [0.05, 0.1) is 11.0 Å². The molecular formula is C14H17N3O2. The molecule has 1 aromatic carbocycles. The normalized spacial score (nSPS) is 14.7. The zero-order valence-corrected chi connectivity index (χ0v) is 11.0. The number of hydrogen-bond acceptors (Lipinski definition) is 2. The van der Waals surface area contributed by atoms with E-state index in [1.807, 2.05) is 31.2 Å². The lowest BCUT2D eigenvalue weighted by Crippen LogP contribution is -2.44. The van der Waals surface area contributed by atoms with E-state index in [2.05, 4.69) is 0 Å². The Hall–Kier alpha value is -2.04. The zero-order valence-electron chi connectivity index (χ0n) is 11.0. The number of para-hydroxylation sites is 2. The second-order valence-corrected chi connectivity index (χ2v) is 4.84. The molecule has 2 heterocycles. The molecular weight excluding hydrogens is 242 g/mol. The van der Waals surface area contributed by atoms with E-state index in [0.717, 1.165) is 30.5 Å². The second-order valence-electron chi connectivity index (χ2n) is 4.84. The first-order valence-electron chi connectivity index (χ1n) is 6.68. The summed E-state index contributed by atoms with van der Waals surface area (Å²) < 4.78 is 3.29. The molecule has 1 aliphatic heterocycles. The van der Waals surface area contributed by atoms with Gasteiger partial charge in [-0.1, -0.05) is 12.1 Å². The Balaban J connectivity index is 2.05. The fraction of sp³-hybridized carbons (Fsp3) is 0.429. The van der Waals surface area contributed by atoms with E-state index in [4.69, 9.17) is 0 Å². The molecule has 1 aliphatic rings. The van der Waals surface area contributed by atoms with Crippen LogP contribution < -0.4 is 5.69 Å². The molecule has 0 saturated carbocycles. The van der Waals surface area contributed by atoms with Crippen LogP contribution in [0.25, 0.3) is 11.0 Å².